The third kappa shape index (κ3) is 2.16. The first-order valence-electron chi connectivity index (χ1n) is 5.89. The molecule has 0 aliphatic heterocycles. The summed E-state index contributed by atoms with van der Waals surface area (Å²) in [6.45, 7) is 0.179. The maximum Gasteiger partial charge on any atom is 0.363 e. The van der Waals surface area contributed by atoms with Crippen LogP contribution in [-0.2, 0) is 6.61 Å². The zero-order valence-electron chi connectivity index (χ0n) is 10.3. The van der Waals surface area contributed by atoms with E-state index >= 15 is 0 Å². The van der Waals surface area contributed by atoms with Gasteiger partial charge in [0.2, 0.25) is 5.65 Å². The van der Waals surface area contributed by atoms with Crippen LogP contribution in [0.4, 0.5) is 0 Å². The van der Waals surface area contributed by atoms with Crippen LogP contribution in [0.3, 0.4) is 0 Å². The van der Waals surface area contributed by atoms with Gasteiger partial charge in [-0.15, -0.1) is 4.73 Å². The van der Waals surface area contributed by atoms with Gasteiger partial charge in [-0.1, -0.05) is 30.3 Å². The van der Waals surface area contributed by atoms with Crippen LogP contribution in [0, 0.1) is 0 Å². The largest absolute Gasteiger partial charge is 0.403 e. The summed E-state index contributed by atoms with van der Waals surface area (Å²) < 4.78 is 0.941. The minimum absolute atomic E-state index is 0.0557. The normalized spacial score (nSPS) is 10.6. The molecule has 100 valence electrons. The van der Waals surface area contributed by atoms with Gasteiger partial charge in [0.15, 0.2) is 5.52 Å². The number of nitrogens with zero attached hydrogens (tertiary/aromatic N) is 3. The summed E-state index contributed by atoms with van der Waals surface area (Å²) in [7, 11) is 0. The Morgan fingerprint density at radius 3 is 2.65 bits per heavy atom. The second kappa shape index (κ2) is 4.96. The number of benzene rings is 1. The first kappa shape index (κ1) is 12.1. The average molecular weight is 270 g/mol. The number of rotatable bonds is 3. The lowest BCUT2D eigenvalue weighted by Gasteiger charge is -2.09. The fourth-order valence-electron chi connectivity index (χ4n) is 1.78. The molecule has 0 unspecified atom stereocenters. The van der Waals surface area contributed by atoms with Crippen molar-refractivity contribution >= 4 is 11.2 Å². The van der Waals surface area contributed by atoms with Gasteiger partial charge in [-0.05, 0) is 5.56 Å². The maximum atomic E-state index is 11.8. The van der Waals surface area contributed by atoms with E-state index in [0.29, 0.717) is 0 Å². The average Bonchev–Trinajstić information content (AvgIpc) is 2.48. The van der Waals surface area contributed by atoms with Crippen LogP contribution in [-0.4, -0.2) is 19.7 Å². The lowest BCUT2D eigenvalue weighted by atomic mass is 10.2. The van der Waals surface area contributed by atoms with Gasteiger partial charge in [-0.3, -0.25) is 9.78 Å². The van der Waals surface area contributed by atoms with Gasteiger partial charge in [-0.2, -0.15) is 0 Å². The zero-order valence-corrected chi connectivity index (χ0v) is 10.3. The molecule has 1 aromatic carbocycles. The molecule has 20 heavy (non-hydrogen) atoms. The molecule has 1 N–H and O–H groups in total. The molecule has 0 aliphatic carbocycles. The number of aromatic amines is 1. The third-order valence-electron chi connectivity index (χ3n) is 2.69. The molecule has 2 aromatic heterocycles. The fraction of sp³-hybridized carbons (Fsp3) is 0.0769. The molecule has 0 aliphatic rings. The van der Waals surface area contributed by atoms with Crippen LogP contribution in [0.5, 0.6) is 0 Å². The molecule has 3 rings (SSSR count). The van der Waals surface area contributed by atoms with Gasteiger partial charge < -0.3 is 4.84 Å². The van der Waals surface area contributed by atoms with Gasteiger partial charge in [0.05, 0.1) is 0 Å². The standard InChI is InChI=1S/C13H10N4O3/c18-12-10-11(15-7-6-14-10)17(13(19)16-12)20-8-9-4-2-1-3-5-9/h1-7H,8H2,(H,16,18,19). The van der Waals surface area contributed by atoms with Crippen molar-refractivity contribution in [2.75, 3.05) is 0 Å². The van der Waals surface area contributed by atoms with Crippen LogP contribution in [0.1, 0.15) is 5.56 Å². The molecular formula is C13H10N4O3. The van der Waals surface area contributed by atoms with Gasteiger partial charge >= 0.3 is 5.69 Å². The molecule has 7 nitrogen and oxygen atoms in total. The second-order valence-electron chi connectivity index (χ2n) is 4.04. The van der Waals surface area contributed by atoms with Crippen LogP contribution in [0.2, 0.25) is 0 Å². The van der Waals surface area contributed by atoms with Crippen molar-refractivity contribution < 1.29 is 4.84 Å². The number of fused-ring (bicyclic) bond motifs is 1. The lowest BCUT2D eigenvalue weighted by Crippen LogP contribution is -2.35. The Morgan fingerprint density at radius 2 is 1.85 bits per heavy atom. The Labute approximate surface area is 112 Å². The molecule has 0 saturated carbocycles. The molecule has 0 saturated heterocycles. The quantitative estimate of drug-likeness (QED) is 0.729. The Morgan fingerprint density at radius 1 is 1.10 bits per heavy atom. The van der Waals surface area contributed by atoms with E-state index in [2.05, 4.69) is 15.0 Å². The molecule has 0 radical (unpaired) electrons. The van der Waals surface area contributed by atoms with Crippen molar-refractivity contribution in [2.24, 2.45) is 0 Å². The predicted octanol–water partition coefficient (Wildman–Crippen LogP) is 0.109. The topological polar surface area (TPSA) is 89.9 Å². The van der Waals surface area contributed by atoms with E-state index < -0.39 is 11.2 Å². The van der Waals surface area contributed by atoms with Gasteiger partial charge in [0, 0.05) is 12.4 Å². The lowest BCUT2D eigenvalue weighted by molar-refractivity contribution is 0.0945. The summed E-state index contributed by atoms with van der Waals surface area (Å²) in [5.41, 5.74) is -0.225. The van der Waals surface area contributed by atoms with Crippen molar-refractivity contribution in [3.8, 4) is 0 Å². The molecule has 3 aromatic rings. The number of nitrogens with one attached hydrogen (secondary N) is 1. The molecular weight excluding hydrogens is 260 g/mol. The monoisotopic (exact) mass is 270 g/mol. The van der Waals surface area contributed by atoms with Gasteiger partial charge in [0.25, 0.3) is 5.56 Å². The first-order chi connectivity index (χ1) is 9.75. The van der Waals surface area contributed by atoms with E-state index in [1.54, 1.807) is 0 Å². The van der Waals surface area contributed by atoms with E-state index in [1.165, 1.54) is 12.4 Å². The fourth-order valence-corrected chi connectivity index (χ4v) is 1.78. The van der Waals surface area contributed by atoms with Crippen molar-refractivity contribution in [3.63, 3.8) is 0 Å². The molecule has 0 spiro atoms. The van der Waals surface area contributed by atoms with Crippen LogP contribution >= 0.6 is 0 Å². The van der Waals surface area contributed by atoms with Crippen molar-refractivity contribution in [2.45, 2.75) is 6.61 Å². The van der Waals surface area contributed by atoms with E-state index in [4.69, 9.17) is 4.84 Å². The summed E-state index contributed by atoms with van der Waals surface area (Å²) in [6, 6.07) is 9.35. The van der Waals surface area contributed by atoms with E-state index in [9.17, 15) is 9.59 Å². The Bertz CT molecular complexity index is 855. The minimum Gasteiger partial charge on any atom is -0.403 e. The Balaban J connectivity index is 2.03. The number of H-pyrrole nitrogens is 1. The number of aromatic nitrogens is 4. The van der Waals surface area contributed by atoms with Crippen LogP contribution in [0.15, 0.2) is 52.3 Å². The van der Waals surface area contributed by atoms with Gasteiger partial charge in [0.1, 0.15) is 6.61 Å². The highest BCUT2D eigenvalue weighted by Crippen LogP contribution is 2.01. The summed E-state index contributed by atoms with van der Waals surface area (Å²) in [5, 5.41) is 0. The molecule has 0 atom stereocenters. The highest BCUT2D eigenvalue weighted by molar-refractivity contribution is 5.67. The molecule has 2 heterocycles. The second-order valence-corrected chi connectivity index (χ2v) is 4.04. The highest BCUT2D eigenvalue weighted by Gasteiger charge is 2.10. The summed E-state index contributed by atoms with van der Waals surface area (Å²) >= 11 is 0. The zero-order chi connectivity index (χ0) is 13.9. The maximum absolute atomic E-state index is 11.8. The predicted molar refractivity (Wildman–Crippen MR) is 71.1 cm³/mol. The summed E-state index contributed by atoms with van der Waals surface area (Å²) in [4.78, 5) is 38.8. The van der Waals surface area contributed by atoms with Crippen LogP contribution in [0.25, 0.3) is 11.2 Å². The Hall–Kier alpha value is -2.96. The number of hydrogen-bond donors (Lipinski definition) is 1. The SMILES string of the molecule is O=c1[nH]c(=O)n(OCc2ccccc2)c2nccnc12. The van der Waals surface area contributed by atoms with Gasteiger partial charge in [-0.25, -0.2) is 14.8 Å². The molecule has 7 heteroatoms. The molecule has 0 fully saturated rings. The van der Waals surface area contributed by atoms with E-state index in [1.807, 2.05) is 30.3 Å². The minimum atomic E-state index is -0.682. The smallest absolute Gasteiger partial charge is 0.363 e. The van der Waals surface area contributed by atoms with Crippen molar-refractivity contribution in [1.82, 2.24) is 19.7 Å². The highest BCUT2D eigenvalue weighted by atomic mass is 16.7. The first-order valence-corrected chi connectivity index (χ1v) is 5.89. The van der Waals surface area contributed by atoms with Crippen molar-refractivity contribution in [3.05, 3.63) is 69.1 Å². The molecule has 0 amide bonds. The summed E-state index contributed by atoms with van der Waals surface area (Å²) in [5.74, 6) is 0. The van der Waals surface area contributed by atoms with Crippen molar-refractivity contribution in [1.29, 1.82) is 0 Å². The van der Waals surface area contributed by atoms with E-state index in [0.717, 1.165) is 10.3 Å². The van der Waals surface area contributed by atoms with E-state index in [-0.39, 0.29) is 17.8 Å². The molecule has 0 bridgehead atoms. The van der Waals surface area contributed by atoms with Crippen LogP contribution < -0.4 is 16.1 Å². The Kier molecular flexibility index (Phi) is 3.00. The third-order valence-corrected chi connectivity index (χ3v) is 2.69. The number of hydrogen-bond acceptors (Lipinski definition) is 5. The summed E-state index contributed by atoms with van der Waals surface area (Å²) in [6.07, 6.45) is 2.77.